The maximum Gasteiger partial charge on any atom is 0.271 e. The molecular formula is C8H6BrNO2S3. The van der Waals surface area contributed by atoms with Gasteiger partial charge in [0.15, 0.2) is 0 Å². The van der Waals surface area contributed by atoms with E-state index in [9.17, 15) is 8.42 Å². The summed E-state index contributed by atoms with van der Waals surface area (Å²) in [6, 6.07) is 5.02. The van der Waals surface area contributed by atoms with Crippen LogP contribution in [0, 0.1) is 0 Å². The lowest BCUT2D eigenvalue weighted by Crippen LogP contribution is -2.10. The largest absolute Gasteiger partial charge is 0.278 e. The Balaban J connectivity index is 2.28. The van der Waals surface area contributed by atoms with E-state index in [2.05, 4.69) is 20.7 Å². The monoisotopic (exact) mass is 323 g/mol. The number of hydrogen-bond acceptors (Lipinski definition) is 4. The molecule has 2 heterocycles. The third-order valence-corrected chi connectivity index (χ3v) is 5.77. The van der Waals surface area contributed by atoms with Gasteiger partial charge >= 0.3 is 0 Å². The minimum Gasteiger partial charge on any atom is -0.278 e. The van der Waals surface area contributed by atoms with E-state index in [1.807, 2.05) is 5.38 Å². The van der Waals surface area contributed by atoms with Gasteiger partial charge < -0.3 is 0 Å². The summed E-state index contributed by atoms with van der Waals surface area (Å²) in [4.78, 5) is 0. The van der Waals surface area contributed by atoms with Crippen molar-refractivity contribution >= 4 is 54.3 Å². The minimum absolute atomic E-state index is 0.306. The Morgan fingerprint density at radius 3 is 2.60 bits per heavy atom. The van der Waals surface area contributed by atoms with Gasteiger partial charge in [0.25, 0.3) is 10.0 Å². The van der Waals surface area contributed by atoms with E-state index < -0.39 is 10.0 Å². The van der Waals surface area contributed by atoms with Crippen molar-refractivity contribution in [2.45, 2.75) is 4.21 Å². The molecule has 0 bridgehead atoms. The number of thiophene rings is 2. The maximum absolute atomic E-state index is 11.8. The summed E-state index contributed by atoms with van der Waals surface area (Å²) >= 11 is 5.86. The Morgan fingerprint density at radius 2 is 2.07 bits per heavy atom. The number of nitrogens with one attached hydrogen (secondary N) is 1. The molecule has 0 aliphatic carbocycles. The topological polar surface area (TPSA) is 46.2 Å². The van der Waals surface area contributed by atoms with Gasteiger partial charge in [0.2, 0.25) is 0 Å². The summed E-state index contributed by atoms with van der Waals surface area (Å²) in [5.74, 6) is 0. The summed E-state index contributed by atoms with van der Waals surface area (Å²) < 4.78 is 27.2. The van der Waals surface area contributed by atoms with Crippen molar-refractivity contribution in [2.75, 3.05) is 4.72 Å². The Kier molecular flexibility index (Phi) is 3.15. The second-order valence-electron chi connectivity index (χ2n) is 2.68. The van der Waals surface area contributed by atoms with Crippen molar-refractivity contribution in [1.82, 2.24) is 0 Å². The van der Waals surface area contributed by atoms with Crippen LogP contribution < -0.4 is 4.72 Å². The van der Waals surface area contributed by atoms with E-state index >= 15 is 0 Å². The normalized spacial score (nSPS) is 11.5. The molecule has 0 fully saturated rings. The molecule has 0 saturated carbocycles. The SMILES string of the molecule is O=S(=O)(Nc1ccsc1)c1ccc(Br)s1. The molecule has 2 rings (SSSR count). The van der Waals surface area contributed by atoms with Crippen LogP contribution in [0.15, 0.2) is 37.0 Å². The van der Waals surface area contributed by atoms with Gasteiger partial charge in [-0.2, -0.15) is 11.3 Å². The number of halogens is 1. The molecule has 0 amide bonds. The molecule has 0 saturated heterocycles. The molecule has 0 unspecified atom stereocenters. The zero-order valence-electron chi connectivity index (χ0n) is 7.31. The first-order valence-corrected chi connectivity index (χ1v) is 7.92. The first kappa shape index (κ1) is 11.1. The molecule has 3 nitrogen and oxygen atoms in total. The Hall–Kier alpha value is -0.370. The standard InChI is InChI=1S/C8H6BrNO2S3/c9-7-1-2-8(14-7)15(11,12)10-6-3-4-13-5-6/h1-5,10H. The fourth-order valence-electron chi connectivity index (χ4n) is 0.970. The predicted octanol–water partition coefficient (Wildman–Crippen LogP) is 3.37. The van der Waals surface area contributed by atoms with Crippen LogP contribution in [0.4, 0.5) is 5.69 Å². The average molecular weight is 324 g/mol. The van der Waals surface area contributed by atoms with Crippen molar-refractivity contribution in [3.8, 4) is 0 Å². The number of hydrogen-bond donors (Lipinski definition) is 1. The summed E-state index contributed by atoms with van der Waals surface area (Å²) in [6.45, 7) is 0. The minimum atomic E-state index is -3.42. The highest BCUT2D eigenvalue weighted by Gasteiger charge is 2.16. The van der Waals surface area contributed by atoms with Gasteiger partial charge in [0, 0.05) is 5.38 Å². The second-order valence-corrected chi connectivity index (χ2v) is 7.83. The van der Waals surface area contributed by atoms with Crippen LogP contribution in [0.5, 0.6) is 0 Å². The van der Waals surface area contributed by atoms with Crippen LogP contribution >= 0.6 is 38.6 Å². The van der Waals surface area contributed by atoms with Gasteiger partial charge in [0.05, 0.1) is 9.47 Å². The highest BCUT2D eigenvalue weighted by atomic mass is 79.9. The van der Waals surface area contributed by atoms with Gasteiger partial charge in [-0.3, -0.25) is 4.72 Å². The van der Waals surface area contributed by atoms with Crippen LogP contribution in [0.3, 0.4) is 0 Å². The van der Waals surface area contributed by atoms with Crippen molar-refractivity contribution in [3.05, 3.63) is 32.7 Å². The van der Waals surface area contributed by atoms with Gasteiger partial charge in [-0.15, -0.1) is 11.3 Å². The van der Waals surface area contributed by atoms with E-state index in [-0.39, 0.29) is 0 Å². The smallest absolute Gasteiger partial charge is 0.271 e. The molecule has 2 aromatic heterocycles. The summed E-state index contributed by atoms with van der Waals surface area (Å²) in [5.41, 5.74) is 0.601. The van der Waals surface area contributed by atoms with Crippen molar-refractivity contribution in [2.24, 2.45) is 0 Å². The molecule has 0 spiro atoms. The van der Waals surface area contributed by atoms with Crippen molar-refractivity contribution in [1.29, 1.82) is 0 Å². The lowest BCUT2D eigenvalue weighted by molar-refractivity contribution is 0.603. The number of anilines is 1. The van der Waals surface area contributed by atoms with E-state index in [1.54, 1.807) is 23.6 Å². The fourth-order valence-corrected chi connectivity index (χ4v) is 4.69. The summed E-state index contributed by atoms with van der Waals surface area (Å²) in [7, 11) is -3.42. The van der Waals surface area contributed by atoms with Crippen molar-refractivity contribution in [3.63, 3.8) is 0 Å². The average Bonchev–Trinajstić information content (AvgIpc) is 2.75. The van der Waals surface area contributed by atoms with Gasteiger partial charge in [0.1, 0.15) is 4.21 Å². The number of rotatable bonds is 3. The van der Waals surface area contributed by atoms with E-state index in [0.717, 1.165) is 3.79 Å². The molecule has 0 aliphatic heterocycles. The second kappa shape index (κ2) is 4.25. The molecule has 2 aromatic rings. The Labute approximate surface area is 104 Å². The quantitative estimate of drug-likeness (QED) is 0.941. The predicted molar refractivity (Wildman–Crippen MR) is 67.1 cm³/mol. The molecule has 7 heteroatoms. The van der Waals surface area contributed by atoms with Crippen LogP contribution in [0.2, 0.25) is 0 Å². The van der Waals surface area contributed by atoms with Crippen LogP contribution in [0.25, 0.3) is 0 Å². The highest BCUT2D eigenvalue weighted by molar-refractivity contribution is 9.11. The molecule has 1 N–H and O–H groups in total. The summed E-state index contributed by atoms with van der Waals surface area (Å²) in [6.07, 6.45) is 0. The first-order chi connectivity index (χ1) is 7.08. The Bertz CT molecular complexity index is 544. The van der Waals surface area contributed by atoms with Crippen LogP contribution in [0.1, 0.15) is 0 Å². The maximum atomic E-state index is 11.8. The zero-order valence-corrected chi connectivity index (χ0v) is 11.3. The van der Waals surface area contributed by atoms with E-state index in [1.165, 1.54) is 22.7 Å². The Morgan fingerprint density at radius 1 is 1.27 bits per heavy atom. The van der Waals surface area contributed by atoms with Crippen LogP contribution in [-0.4, -0.2) is 8.42 Å². The molecule has 0 aliphatic rings. The molecule has 0 radical (unpaired) electrons. The molecule has 15 heavy (non-hydrogen) atoms. The lowest BCUT2D eigenvalue weighted by Gasteiger charge is -2.02. The van der Waals surface area contributed by atoms with Gasteiger partial charge in [-0.05, 0) is 39.5 Å². The molecule has 80 valence electrons. The number of sulfonamides is 1. The molecule has 0 aromatic carbocycles. The highest BCUT2D eigenvalue weighted by Crippen LogP contribution is 2.27. The van der Waals surface area contributed by atoms with Gasteiger partial charge in [-0.1, -0.05) is 0 Å². The summed E-state index contributed by atoms with van der Waals surface area (Å²) in [5, 5.41) is 3.57. The third-order valence-electron chi connectivity index (χ3n) is 1.59. The molecule has 0 atom stereocenters. The zero-order chi connectivity index (χ0) is 10.9. The van der Waals surface area contributed by atoms with E-state index in [0.29, 0.717) is 9.90 Å². The lowest BCUT2D eigenvalue weighted by atomic mass is 10.6. The van der Waals surface area contributed by atoms with E-state index in [4.69, 9.17) is 0 Å². The molecular weight excluding hydrogens is 318 g/mol. The van der Waals surface area contributed by atoms with Gasteiger partial charge in [-0.25, -0.2) is 8.42 Å². The van der Waals surface area contributed by atoms with Crippen LogP contribution in [-0.2, 0) is 10.0 Å². The first-order valence-electron chi connectivity index (χ1n) is 3.88. The fraction of sp³-hybridized carbons (Fsp3) is 0. The third kappa shape index (κ3) is 2.60. The van der Waals surface area contributed by atoms with Crippen molar-refractivity contribution < 1.29 is 8.42 Å².